The maximum atomic E-state index is 12.1. The number of hydrogen-bond donors (Lipinski definition) is 4. The van der Waals surface area contributed by atoms with Gasteiger partial charge in [-0.1, -0.05) is 48.0 Å². The fourth-order valence-electron chi connectivity index (χ4n) is 2.50. The Morgan fingerprint density at radius 1 is 1.13 bits per heavy atom. The number of carbonyl (C=O) groups excluding carboxylic acids is 3. The highest BCUT2D eigenvalue weighted by Gasteiger charge is 2.21. The molecule has 9 nitrogen and oxygen atoms in total. The normalized spacial score (nSPS) is 12.5. The number of nitrogens with zero attached hydrogens (tertiary/aromatic N) is 1. The van der Waals surface area contributed by atoms with Crippen molar-refractivity contribution in [3.63, 3.8) is 0 Å². The molecule has 0 unspecified atom stereocenters. The summed E-state index contributed by atoms with van der Waals surface area (Å²) in [5.74, 6) is -1.32. The average Bonchev–Trinajstić information content (AvgIpc) is 2.72. The van der Waals surface area contributed by atoms with Crippen LogP contribution in [0.4, 0.5) is 4.79 Å². The standard InChI is InChI=1S/C20H23ClN4O5/c21-17-7-6-14(10-23-17)8-16(19(22)28)25-18(27)9-15(26)11-24-20(29)30-12-13-4-2-1-3-5-13/h1-7,10,15-16,26H,8-9,11-12H2,(H2,22,28)(H,24,29)(H,25,27)/t15-,16+/m1/s1. The Hall–Kier alpha value is -3.17. The van der Waals surface area contributed by atoms with Crippen LogP contribution in [0.5, 0.6) is 0 Å². The molecule has 1 heterocycles. The third-order valence-corrected chi connectivity index (χ3v) is 4.25. The molecule has 0 spiro atoms. The van der Waals surface area contributed by atoms with Crippen LogP contribution < -0.4 is 16.4 Å². The Bertz CT molecular complexity index is 848. The number of amides is 3. The number of carbonyl (C=O) groups is 3. The summed E-state index contributed by atoms with van der Waals surface area (Å²) in [6.07, 6.45) is -0.611. The third-order valence-electron chi connectivity index (χ3n) is 4.02. The van der Waals surface area contributed by atoms with Crippen molar-refractivity contribution in [3.05, 3.63) is 64.9 Å². The molecule has 0 bridgehead atoms. The number of nitrogens with one attached hydrogen (secondary N) is 2. The summed E-state index contributed by atoms with van der Waals surface area (Å²) < 4.78 is 5.02. The molecule has 30 heavy (non-hydrogen) atoms. The van der Waals surface area contributed by atoms with E-state index in [2.05, 4.69) is 15.6 Å². The number of aromatic nitrogens is 1. The van der Waals surface area contributed by atoms with Gasteiger partial charge >= 0.3 is 6.09 Å². The van der Waals surface area contributed by atoms with Gasteiger partial charge in [-0.3, -0.25) is 9.59 Å². The number of aliphatic hydroxyl groups is 1. The molecular formula is C20H23ClN4O5. The van der Waals surface area contributed by atoms with Gasteiger partial charge in [0.05, 0.1) is 12.5 Å². The zero-order valence-corrected chi connectivity index (χ0v) is 16.8. The topological polar surface area (TPSA) is 144 Å². The molecule has 3 amide bonds. The van der Waals surface area contributed by atoms with E-state index in [0.717, 1.165) is 5.56 Å². The number of alkyl carbamates (subject to hydrolysis) is 1. The number of hydrogen-bond acceptors (Lipinski definition) is 6. The summed E-state index contributed by atoms with van der Waals surface area (Å²) in [6, 6.07) is 11.4. The lowest BCUT2D eigenvalue weighted by Gasteiger charge is -2.17. The van der Waals surface area contributed by atoms with Crippen molar-refractivity contribution < 1.29 is 24.2 Å². The molecule has 0 radical (unpaired) electrons. The molecule has 0 saturated carbocycles. The second kappa shape index (κ2) is 11.7. The molecule has 2 rings (SSSR count). The van der Waals surface area contributed by atoms with Crippen LogP contribution in [-0.4, -0.2) is 46.7 Å². The molecule has 0 fully saturated rings. The van der Waals surface area contributed by atoms with Gasteiger partial charge in [0.25, 0.3) is 0 Å². The molecule has 160 valence electrons. The molecule has 0 aliphatic heterocycles. The van der Waals surface area contributed by atoms with Crippen molar-refractivity contribution in [2.75, 3.05) is 6.54 Å². The highest BCUT2D eigenvalue weighted by molar-refractivity contribution is 6.29. The largest absolute Gasteiger partial charge is 0.445 e. The number of rotatable bonds is 10. The minimum Gasteiger partial charge on any atom is -0.445 e. The van der Waals surface area contributed by atoms with Gasteiger partial charge in [-0.15, -0.1) is 0 Å². The molecule has 0 aliphatic rings. The second-order valence-corrected chi connectivity index (χ2v) is 6.90. The van der Waals surface area contributed by atoms with E-state index in [4.69, 9.17) is 22.1 Å². The predicted octanol–water partition coefficient (Wildman–Crippen LogP) is 0.925. The van der Waals surface area contributed by atoms with E-state index in [1.807, 2.05) is 30.3 Å². The summed E-state index contributed by atoms with van der Waals surface area (Å²) in [7, 11) is 0. The first-order valence-electron chi connectivity index (χ1n) is 9.15. The van der Waals surface area contributed by atoms with E-state index >= 15 is 0 Å². The quantitative estimate of drug-likeness (QED) is 0.409. The van der Waals surface area contributed by atoms with Gasteiger partial charge in [-0.2, -0.15) is 0 Å². The highest BCUT2D eigenvalue weighted by Crippen LogP contribution is 2.08. The molecular weight excluding hydrogens is 412 g/mol. The summed E-state index contributed by atoms with van der Waals surface area (Å²) in [5, 5.41) is 15.1. The number of nitrogens with two attached hydrogens (primary N) is 1. The average molecular weight is 435 g/mol. The number of aliphatic hydroxyl groups excluding tert-OH is 1. The van der Waals surface area contributed by atoms with Crippen molar-refractivity contribution >= 4 is 29.5 Å². The van der Waals surface area contributed by atoms with E-state index in [-0.39, 0.29) is 26.0 Å². The summed E-state index contributed by atoms with van der Waals surface area (Å²) in [4.78, 5) is 39.3. The fraction of sp³-hybridized carbons (Fsp3) is 0.300. The molecule has 0 saturated heterocycles. The number of pyridine rings is 1. The zero-order chi connectivity index (χ0) is 21.9. The van der Waals surface area contributed by atoms with Gasteiger partial charge in [0.15, 0.2) is 0 Å². The SMILES string of the molecule is NC(=O)[C@H](Cc1ccc(Cl)nc1)NC(=O)C[C@@H](O)CNC(=O)OCc1ccccc1. The van der Waals surface area contributed by atoms with Crippen LogP contribution in [0, 0.1) is 0 Å². The number of halogens is 1. The molecule has 5 N–H and O–H groups in total. The summed E-state index contributed by atoms with van der Waals surface area (Å²) in [5.41, 5.74) is 6.82. The van der Waals surface area contributed by atoms with Crippen LogP contribution >= 0.6 is 11.6 Å². The van der Waals surface area contributed by atoms with Gasteiger partial charge in [0, 0.05) is 19.2 Å². The van der Waals surface area contributed by atoms with E-state index < -0.39 is 30.1 Å². The summed E-state index contributed by atoms with van der Waals surface area (Å²) >= 11 is 5.72. The first kappa shape index (κ1) is 23.1. The number of benzene rings is 1. The van der Waals surface area contributed by atoms with Crippen molar-refractivity contribution in [3.8, 4) is 0 Å². The van der Waals surface area contributed by atoms with Crippen LogP contribution in [-0.2, 0) is 27.4 Å². The first-order valence-corrected chi connectivity index (χ1v) is 9.53. The maximum Gasteiger partial charge on any atom is 0.407 e. The van der Waals surface area contributed by atoms with Gasteiger partial charge in [0.1, 0.15) is 17.8 Å². The molecule has 10 heteroatoms. The predicted molar refractivity (Wildman–Crippen MR) is 109 cm³/mol. The van der Waals surface area contributed by atoms with Crippen LogP contribution in [0.15, 0.2) is 48.7 Å². The first-order chi connectivity index (χ1) is 14.3. The third kappa shape index (κ3) is 8.46. The minimum absolute atomic E-state index is 0.0864. The lowest BCUT2D eigenvalue weighted by Crippen LogP contribution is -2.47. The van der Waals surface area contributed by atoms with Gasteiger partial charge in [0.2, 0.25) is 11.8 Å². The van der Waals surface area contributed by atoms with Crippen LogP contribution in [0.3, 0.4) is 0 Å². The highest BCUT2D eigenvalue weighted by atomic mass is 35.5. The Labute approximate surface area is 178 Å². The lowest BCUT2D eigenvalue weighted by atomic mass is 10.1. The van der Waals surface area contributed by atoms with Crippen LogP contribution in [0.25, 0.3) is 0 Å². The molecule has 0 aliphatic carbocycles. The smallest absolute Gasteiger partial charge is 0.407 e. The molecule has 2 atom stereocenters. The maximum absolute atomic E-state index is 12.1. The van der Waals surface area contributed by atoms with E-state index in [0.29, 0.717) is 10.7 Å². The second-order valence-electron chi connectivity index (χ2n) is 6.52. The van der Waals surface area contributed by atoms with E-state index in [9.17, 15) is 19.5 Å². The molecule has 1 aromatic heterocycles. The van der Waals surface area contributed by atoms with E-state index in [1.165, 1.54) is 6.20 Å². The van der Waals surface area contributed by atoms with Crippen molar-refractivity contribution in [2.24, 2.45) is 5.73 Å². The minimum atomic E-state index is -1.17. The van der Waals surface area contributed by atoms with E-state index in [1.54, 1.807) is 12.1 Å². The monoisotopic (exact) mass is 434 g/mol. The summed E-state index contributed by atoms with van der Waals surface area (Å²) in [6.45, 7) is -0.105. The Morgan fingerprint density at radius 3 is 2.50 bits per heavy atom. The molecule has 1 aromatic carbocycles. The van der Waals surface area contributed by atoms with Gasteiger partial charge in [-0.05, 0) is 17.2 Å². The molecule has 2 aromatic rings. The zero-order valence-electron chi connectivity index (χ0n) is 16.1. The van der Waals surface area contributed by atoms with Crippen molar-refractivity contribution in [2.45, 2.75) is 31.6 Å². The van der Waals surface area contributed by atoms with Crippen molar-refractivity contribution in [1.29, 1.82) is 0 Å². The van der Waals surface area contributed by atoms with Crippen LogP contribution in [0.2, 0.25) is 5.15 Å². The van der Waals surface area contributed by atoms with Crippen molar-refractivity contribution in [1.82, 2.24) is 15.6 Å². The Kier molecular flexibility index (Phi) is 9.04. The number of primary amides is 1. The Balaban J connectivity index is 1.73. The lowest BCUT2D eigenvalue weighted by molar-refractivity contribution is -0.128. The van der Waals surface area contributed by atoms with Crippen LogP contribution in [0.1, 0.15) is 17.5 Å². The van der Waals surface area contributed by atoms with Gasteiger partial charge in [-0.25, -0.2) is 9.78 Å². The fourth-order valence-corrected chi connectivity index (χ4v) is 2.61. The van der Waals surface area contributed by atoms with Gasteiger partial charge < -0.3 is 26.2 Å². The number of ether oxygens (including phenoxy) is 1. The Morgan fingerprint density at radius 2 is 1.87 bits per heavy atom.